The number of ether oxygens (including phenoxy) is 1. The van der Waals surface area contributed by atoms with Gasteiger partial charge < -0.3 is 9.84 Å². The summed E-state index contributed by atoms with van der Waals surface area (Å²) in [7, 11) is 0. The van der Waals surface area contributed by atoms with Crippen LogP contribution < -0.4 is 0 Å². The van der Waals surface area contributed by atoms with Crippen LogP contribution in [0.2, 0.25) is 5.02 Å². The molecule has 0 aliphatic carbocycles. The molecule has 0 saturated carbocycles. The Morgan fingerprint density at radius 2 is 1.87 bits per heavy atom. The second-order valence-corrected chi connectivity index (χ2v) is 6.45. The number of hydrogen-bond acceptors (Lipinski definition) is 3. The van der Waals surface area contributed by atoms with Crippen molar-refractivity contribution in [3.05, 3.63) is 70.7 Å². The third kappa shape index (κ3) is 4.79. The zero-order valence-electron chi connectivity index (χ0n) is 13.1. The Morgan fingerprint density at radius 3 is 2.61 bits per heavy atom. The molecule has 0 aromatic heterocycles. The minimum absolute atomic E-state index is 0.184. The molecule has 1 fully saturated rings. The molecule has 1 saturated heterocycles. The number of rotatable bonds is 5. The van der Waals surface area contributed by atoms with Gasteiger partial charge in [-0.3, -0.25) is 4.90 Å². The summed E-state index contributed by atoms with van der Waals surface area (Å²) in [6.45, 7) is 3.04. The highest BCUT2D eigenvalue weighted by molar-refractivity contribution is 6.30. The minimum atomic E-state index is -0.497. The Labute approximate surface area is 142 Å². The SMILES string of the molecule is O[C@H](CN1CCOC(Cc2ccccc2)C1)c1ccc(Cl)cc1. The summed E-state index contributed by atoms with van der Waals surface area (Å²) in [6.07, 6.45) is 0.597. The summed E-state index contributed by atoms with van der Waals surface area (Å²) in [6, 6.07) is 17.8. The predicted molar refractivity (Wildman–Crippen MR) is 92.7 cm³/mol. The maximum Gasteiger partial charge on any atom is 0.0916 e. The molecule has 1 aliphatic heterocycles. The van der Waals surface area contributed by atoms with Crippen molar-refractivity contribution in [2.45, 2.75) is 18.6 Å². The Hall–Kier alpha value is -1.39. The zero-order chi connectivity index (χ0) is 16.1. The number of morpholine rings is 1. The van der Waals surface area contributed by atoms with Crippen LogP contribution in [0.4, 0.5) is 0 Å². The van der Waals surface area contributed by atoms with Crippen molar-refractivity contribution in [3.8, 4) is 0 Å². The number of aliphatic hydroxyl groups is 1. The van der Waals surface area contributed by atoms with Crippen molar-refractivity contribution in [1.29, 1.82) is 0 Å². The van der Waals surface area contributed by atoms with Gasteiger partial charge in [0.15, 0.2) is 0 Å². The van der Waals surface area contributed by atoms with E-state index in [2.05, 4.69) is 29.2 Å². The highest BCUT2D eigenvalue weighted by Crippen LogP contribution is 2.19. The second-order valence-electron chi connectivity index (χ2n) is 6.01. The van der Waals surface area contributed by atoms with E-state index in [9.17, 15) is 5.11 Å². The number of hydrogen-bond donors (Lipinski definition) is 1. The molecule has 1 N–H and O–H groups in total. The van der Waals surface area contributed by atoms with E-state index in [1.807, 2.05) is 30.3 Å². The van der Waals surface area contributed by atoms with E-state index < -0.39 is 6.10 Å². The van der Waals surface area contributed by atoms with Crippen LogP contribution in [0.25, 0.3) is 0 Å². The van der Waals surface area contributed by atoms with Gasteiger partial charge in [0.2, 0.25) is 0 Å². The standard InChI is InChI=1S/C19H22ClNO2/c20-17-8-6-16(7-9-17)19(22)14-21-10-11-23-18(13-21)12-15-4-2-1-3-5-15/h1-9,18-19,22H,10-14H2/t18?,19-/m1/s1. The highest BCUT2D eigenvalue weighted by atomic mass is 35.5. The van der Waals surface area contributed by atoms with Gasteiger partial charge in [-0.05, 0) is 29.7 Å². The van der Waals surface area contributed by atoms with E-state index in [1.54, 1.807) is 0 Å². The number of benzene rings is 2. The monoisotopic (exact) mass is 331 g/mol. The molecule has 3 rings (SSSR count). The number of aliphatic hydroxyl groups excluding tert-OH is 1. The average molecular weight is 332 g/mol. The fraction of sp³-hybridized carbons (Fsp3) is 0.368. The summed E-state index contributed by atoms with van der Waals surface area (Å²) in [5.41, 5.74) is 2.19. The molecule has 122 valence electrons. The second kappa shape index (κ2) is 7.93. The third-order valence-electron chi connectivity index (χ3n) is 4.22. The lowest BCUT2D eigenvalue weighted by Gasteiger charge is -2.34. The van der Waals surface area contributed by atoms with E-state index in [1.165, 1.54) is 5.56 Å². The van der Waals surface area contributed by atoms with Gasteiger partial charge in [0, 0.05) is 24.7 Å². The predicted octanol–water partition coefficient (Wildman–Crippen LogP) is 3.32. The van der Waals surface area contributed by atoms with Gasteiger partial charge >= 0.3 is 0 Å². The fourth-order valence-electron chi connectivity index (χ4n) is 2.98. The quantitative estimate of drug-likeness (QED) is 0.912. The van der Waals surface area contributed by atoms with Crippen LogP contribution in [0.5, 0.6) is 0 Å². The Morgan fingerprint density at radius 1 is 1.13 bits per heavy atom. The first-order chi connectivity index (χ1) is 11.2. The maximum atomic E-state index is 10.4. The van der Waals surface area contributed by atoms with E-state index in [4.69, 9.17) is 16.3 Å². The molecule has 0 bridgehead atoms. The first kappa shape index (κ1) is 16.5. The topological polar surface area (TPSA) is 32.7 Å². The largest absolute Gasteiger partial charge is 0.387 e. The van der Waals surface area contributed by atoms with Gasteiger partial charge in [-0.15, -0.1) is 0 Å². The van der Waals surface area contributed by atoms with Crippen LogP contribution in [0.1, 0.15) is 17.2 Å². The Bertz CT molecular complexity index is 603. The molecule has 1 aliphatic rings. The van der Waals surface area contributed by atoms with Gasteiger partial charge in [-0.1, -0.05) is 54.1 Å². The Balaban J connectivity index is 1.55. The first-order valence-electron chi connectivity index (χ1n) is 8.02. The van der Waals surface area contributed by atoms with E-state index in [0.29, 0.717) is 18.2 Å². The van der Waals surface area contributed by atoms with Crippen LogP contribution in [0.15, 0.2) is 54.6 Å². The van der Waals surface area contributed by atoms with Gasteiger partial charge in [-0.25, -0.2) is 0 Å². The lowest BCUT2D eigenvalue weighted by atomic mass is 10.1. The highest BCUT2D eigenvalue weighted by Gasteiger charge is 2.23. The van der Waals surface area contributed by atoms with E-state index in [-0.39, 0.29) is 6.10 Å². The lowest BCUT2D eigenvalue weighted by molar-refractivity contribution is -0.0400. The summed E-state index contributed by atoms with van der Waals surface area (Å²) >= 11 is 5.90. The molecule has 3 nitrogen and oxygen atoms in total. The summed E-state index contributed by atoms with van der Waals surface area (Å²) < 4.78 is 5.87. The van der Waals surface area contributed by atoms with Gasteiger partial charge in [0.05, 0.1) is 18.8 Å². The summed E-state index contributed by atoms with van der Waals surface area (Å²) in [5, 5.41) is 11.1. The van der Waals surface area contributed by atoms with Crippen LogP contribution >= 0.6 is 11.6 Å². The molecule has 4 heteroatoms. The normalized spacial score (nSPS) is 20.3. The van der Waals surface area contributed by atoms with Gasteiger partial charge in [0.1, 0.15) is 0 Å². The molecular weight excluding hydrogens is 310 g/mol. The smallest absolute Gasteiger partial charge is 0.0916 e. The van der Waals surface area contributed by atoms with Crippen LogP contribution in [0, 0.1) is 0 Å². The average Bonchev–Trinajstić information content (AvgIpc) is 2.57. The van der Waals surface area contributed by atoms with E-state index in [0.717, 1.165) is 25.1 Å². The molecule has 0 radical (unpaired) electrons. The van der Waals surface area contributed by atoms with Crippen molar-refractivity contribution in [1.82, 2.24) is 4.90 Å². The zero-order valence-corrected chi connectivity index (χ0v) is 13.8. The van der Waals surface area contributed by atoms with Crippen molar-refractivity contribution in [2.75, 3.05) is 26.2 Å². The number of nitrogens with zero attached hydrogens (tertiary/aromatic N) is 1. The van der Waals surface area contributed by atoms with Crippen molar-refractivity contribution in [2.24, 2.45) is 0 Å². The molecule has 1 heterocycles. The lowest BCUT2D eigenvalue weighted by Crippen LogP contribution is -2.44. The summed E-state index contributed by atoms with van der Waals surface area (Å²) in [4.78, 5) is 2.27. The van der Waals surface area contributed by atoms with Crippen molar-refractivity contribution < 1.29 is 9.84 Å². The maximum absolute atomic E-state index is 10.4. The number of halogens is 1. The third-order valence-corrected chi connectivity index (χ3v) is 4.47. The molecule has 2 aromatic carbocycles. The molecule has 23 heavy (non-hydrogen) atoms. The molecule has 0 spiro atoms. The van der Waals surface area contributed by atoms with E-state index >= 15 is 0 Å². The van der Waals surface area contributed by atoms with Gasteiger partial charge in [0.25, 0.3) is 0 Å². The van der Waals surface area contributed by atoms with Crippen LogP contribution in [-0.2, 0) is 11.2 Å². The van der Waals surface area contributed by atoms with Crippen molar-refractivity contribution in [3.63, 3.8) is 0 Å². The fourth-order valence-corrected chi connectivity index (χ4v) is 3.11. The molecule has 1 unspecified atom stereocenters. The summed E-state index contributed by atoms with van der Waals surface area (Å²) in [5.74, 6) is 0. The van der Waals surface area contributed by atoms with Crippen LogP contribution in [-0.4, -0.2) is 42.4 Å². The number of β-amino-alcohol motifs (C(OH)–C–C–N with tert-alkyl or cyclic N) is 1. The molecule has 2 aromatic rings. The Kier molecular flexibility index (Phi) is 5.68. The molecule has 0 amide bonds. The molecular formula is C19H22ClNO2. The first-order valence-corrected chi connectivity index (χ1v) is 8.40. The molecule has 2 atom stereocenters. The van der Waals surface area contributed by atoms with Crippen molar-refractivity contribution >= 4 is 11.6 Å². The van der Waals surface area contributed by atoms with Gasteiger partial charge in [-0.2, -0.15) is 0 Å². The van der Waals surface area contributed by atoms with Crippen LogP contribution in [0.3, 0.4) is 0 Å². The minimum Gasteiger partial charge on any atom is -0.387 e.